The lowest BCUT2D eigenvalue weighted by molar-refractivity contribution is -0.126. The maximum Gasteiger partial charge on any atom is 0.254 e. The molecule has 1 aromatic rings. The summed E-state index contributed by atoms with van der Waals surface area (Å²) in [4.78, 5) is 16.1. The van der Waals surface area contributed by atoms with Crippen molar-refractivity contribution < 1.29 is 9.53 Å². The minimum Gasteiger partial charge on any atom is -0.364 e. The summed E-state index contributed by atoms with van der Waals surface area (Å²) < 4.78 is 5.51. The molecule has 1 aromatic heterocycles. The summed E-state index contributed by atoms with van der Waals surface area (Å²) in [5, 5.41) is 2.75. The van der Waals surface area contributed by atoms with Gasteiger partial charge in [0.15, 0.2) is 0 Å². The van der Waals surface area contributed by atoms with Gasteiger partial charge in [-0.2, -0.15) is 0 Å². The van der Waals surface area contributed by atoms with Crippen molar-refractivity contribution in [1.82, 2.24) is 4.98 Å². The van der Waals surface area contributed by atoms with E-state index in [9.17, 15) is 4.79 Å². The Kier molecular flexibility index (Phi) is 3.71. The van der Waals surface area contributed by atoms with Crippen LogP contribution in [0.15, 0.2) is 18.2 Å². The highest BCUT2D eigenvalue weighted by Gasteiger charge is 2.29. The maximum absolute atomic E-state index is 11.9. The first-order chi connectivity index (χ1) is 8.19. The lowest BCUT2D eigenvalue weighted by atomic mass is 10.2. The van der Waals surface area contributed by atoms with E-state index < -0.39 is 6.10 Å². The van der Waals surface area contributed by atoms with E-state index in [1.165, 1.54) is 0 Å². The van der Waals surface area contributed by atoms with Gasteiger partial charge in [-0.3, -0.25) is 4.79 Å². The summed E-state index contributed by atoms with van der Waals surface area (Å²) in [6.07, 6.45) is 1.18. The number of aryl methyl sites for hydroxylation is 1. The number of aromatic nitrogens is 1. The topological polar surface area (TPSA) is 77.2 Å². The molecular formula is C12H17N3O2. The average molecular weight is 235 g/mol. The Labute approximate surface area is 100 Å². The first-order valence-electron chi connectivity index (χ1n) is 5.79. The van der Waals surface area contributed by atoms with E-state index in [1.54, 1.807) is 6.07 Å². The Hall–Kier alpha value is -1.46. The molecule has 1 aliphatic rings. The van der Waals surface area contributed by atoms with Crippen LogP contribution < -0.4 is 11.1 Å². The van der Waals surface area contributed by atoms with Crippen molar-refractivity contribution in [3.8, 4) is 0 Å². The van der Waals surface area contributed by atoms with E-state index in [0.29, 0.717) is 12.4 Å². The molecule has 2 rings (SSSR count). The van der Waals surface area contributed by atoms with Crippen molar-refractivity contribution in [3.63, 3.8) is 0 Å². The smallest absolute Gasteiger partial charge is 0.254 e. The maximum atomic E-state index is 11.9. The van der Waals surface area contributed by atoms with Gasteiger partial charge in [-0.05, 0) is 31.9 Å². The minimum absolute atomic E-state index is 0.0104. The van der Waals surface area contributed by atoms with Gasteiger partial charge >= 0.3 is 0 Å². The molecule has 1 aliphatic heterocycles. The third-order valence-electron chi connectivity index (χ3n) is 2.80. The third-order valence-corrected chi connectivity index (χ3v) is 2.80. The number of nitrogens with zero attached hydrogens (tertiary/aromatic N) is 1. The lowest BCUT2D eigenvalue weighted by Crippen LogP contribution is -2.30. The van der Waals surface area contributed by atoms with Crippen molar-refractivity contribution in [2.45, 2.75) is 32.0 Å². The lowest BCUT2D eigenvalue weighted by Gasteiger charge is -2.12. The molecule has 0 bridgehead atoms. The zero-order valence-electron chi connectivity index (χ0n) is 9.85. The second-order valence-electron chi connectivity index (χ2n) is 4.21. The number of ether oxygens (including phenoxy) is 1. The van der Waals surface area contributed by atoms with Gasteiger partial charge in [-0.1, -0.05) is 6.07 Å². The fourth-order valence-electron chi connectivity index (χ4n) is 1.89. The number of carbonyl (C=O) groups excluding carboxylic acids is 1. The number of hydrogen-bond acceptors (Lipinski definition) is 4. The highest BCUT2D eigenvalue weighted by molar-refractivity contribution is 5.93. The molecule has 3 N–H and O–H groups in total. The molecule has 5 heteroatoms. The predicted molar refractivity (Wildman–Crippen MR) is 64.6 cm³/mol. The number of rotatable bonds is 3. The van der Waals surface area contributed by atoms with E-state index >= 15 is 0 Å². The minimum atomic E-state index is -0.397. The van der Waals surface area contributed by atoms with Gasteiger partial charge in [-0.25, -0.2) is 4.98 Å². The second-order valence-corrected chi connectivity index (χ2v) is 4.21. The van der Waals surface area contributed by atoms with Gasteiger partial charge in [0.05, 0.1) is 6.10 Å². The van der Waals surface area contributed by atoms with Crippen LogP contribution in [0.2, 0.25) is 0 Å². The summed E-state index contributed by atoms with van der Waals surface area (Å²) in [5.74, 6) is 0.425. The van der Waals surface area contributed by atoms with Gasteiger partial charge in [0, 0.05) is 12.2 Å². The number of carbonyl (C=O) groups is 1. The number of anilines is 1. The van der Waals surface area contributed by atoms with Crippen LogP contribution >= 0.6 is 0 Å². The Bertz CT molecular complexity index is 408. The van der Waals surface area contributed by atoms with Gasteiger partial charge < -0.3 is 15.8 Å². The summed E-state index contributed by atoms with van der Waals surface area (Å²) in [6.45, 7) is 2.35. The van der Waals surface area contributed by atoms with E-state index in [2.05, 4.69) is 10.3 Å². The van der Waals surface area contributed by atoms with E-state index in [0.717, 1.165) is 18.5 Å². The Morgan fingerprint density at radius 1 is 1.59 bits per heavy atom. The van der Waals surface area contributed by atoms with Crippen LogP contribution in [-0.4, -0.2) is 29.6 Å². The monoisotopic (exact) mass is 235 g/mol. The molecule has 0 aromatic carbocycles. The van der Waals surface area contributed by atoms with Crippen LogP contribution in [0.4, 0.5) is 5.82 Å². The van der Waals surface area contributed by atoms with Crippen LogP contribution in [-0.2, 0) is 9.53 Å². The fourth-order valence-corrected chi connectivity index (χ4v) is 1.89. The van der Waals surface area contributed by atoms with Crippen molar-refractivity contribution in [3.05, 3.63) is 23.9 Å². The third kappa shape index (κ3) is 3.01. The first kappa shape index (κ1) is 12.0. The highest BCUT2D eigenvalue weighted by atomic mass is 16.5. The van der Waals surface area contributed by atoms with E-state index in [-0.39, 0.29) is 12.0 Å². The van der Waals surface area contributed by atoms with Crippen LogP contribution in [0, 0.1) is 6.92 Å². The van der Waals surface area contributed by atoms with Gasteiger partial charge in [0.2, 0.25) is 0 Å². The summed E-state index contributed by atoms with van der Waals surface area (Å²) in [6, 6.07) is 5.50. The Morgan fingerprint density at radius 2 is 2.41 bits per heavy atom. The largest absolute Gasteiger partial charge is 0.364 e. The molecule has 92 valence electrons. The van der Waals surface area contributed by atoms with Crippen LogP contribution in [0.5, 0.6) is 0 Å². The first-order valence-corrected chi connectivity index (χ1v) is 5.79. The Morgan fingerprint density at radius 3 is 3.06 bits per heavy atom. The fraction of sp³-hybridized carbons (Fsp3) is 0.500. The predicted octanol–water partition coefficient (Wildman–Crippen LogP) is 0.835. The van der Waals surface area contributed by atoms with Crippen LogP contribution in [0.3, 0.4) is 0 Å². The van der Waals surface area contributed by atoms with Crippen LogP contribution in [0.1, 0.15) is 18.5 Å². The molecular weight excluding hydrogens is 218 g/mol. The van der Waals surface area contributed by atoms with Crippen LogP contribution in [0.25, 0.3) is 0 Å². The molecule has 17 heavy (non-hydrogen) atoms. The number of nitrogens with one attached hydrogen (secondary N) is 1. The quantitative estimate of drug-likeness (QED) is 0.813. The summed E-state index contributed by atoms with van der Waals surface area (Å²) in [7, 11) is 0. The molecule has 1 saturated heterocycles. The molecule has 0 saturated carbocycles. The standard InChI is InChI=1S/C12H17N3O2/c1-8-3-2-4-11(14-8)15-12(16)10-6-5-9(7-13)17-10/h2-4,9-10H,5-7,13H2,1H3,(H,14,15,16). The second kappa shape index (κ2) is 5.25. The highest BCUT2D eigenvalue weighted by Crippen LogP contribution is 2.20. The van der Waals surface area contributed by atoms with Crippen molar-refractivity contribution in [1.29, 1.82) is 0 Å². The zero-order valence-corrected chi connectivity index (χ0v) is 9.85. The molecule has 5 nitrogen and oxygen atoms in total. The molecule has 2 atom stereocenters. The van der Waals surface area contributed by atoms with Gasteiger partial charge in [-0.15, -0.1) is 0 Å². The van der Waals surface area contributed by atoms with Crippen molar-refractivity contribution >= 4 is 11.7 Å². The van der Waals surface area contributed by atoms with Crippen molar-refractivity contribution in [2.75, 3.05) is 11.9 Å². The van der Waals surface area contributed by atoms with Crippen molar-refractivity contribution in [2.24, 2.45) is 5.73 Å². The number of hydrogen-bond donors (Lipinski definition) is 2. The number of nitrogens with two attached hydrogens (primary N) is 1. The molecule has 0 radical (unpaired) electrons. The number of amides is 1. The summed E-state index contributed by atoms with van der Waals surface area (Å²) >= 11 is 0. The average Bonchev–Trinajstić information content (AvgIpc) is 2.77. The molecule has 0 spiro atoms. The normalized spacial score (nSPS) is 23.6. The Balaban J connectivity index is 1.93. The van der Waals surface area contributed by atoms with Gasteiger partial charge in [0.1, 0.15) is 11.9 Å². The zero-order chi connectivity index (χ0) is 12.3. The molecule has 2 unspecified atom stereocenters. The molecule has 2 heterocycles. The molecule has 1 fully saturated rings. The van der Waals surface area contributed by atoms with Gasteiger partial charge in [0.25, 0.3) is 5.91 Å². The molecule has 0 aliphatic carbocycles. The number of pyridine rings is 1. The van der Waals surface area contributed by atoms with E-state index in [1.807, 2.05) is 19.1 Å². The molecule has 1 amide bonds. The van der Waals surface area contributed by atoms with E-state index in [4.69, 9.17) is 10.5 Å². The SMILES string of the molecule is Cc1cccc(NC(=O)C2CCC(CN)O2)n1. The summed E-state index contributed by atoms with van der Waals surface area (Å²) in [5.41, 5.74) is 6.37.